The summed E-state index contributed by atoms with van der Waals surface area (Å²) in [4.78, 5) is 23.1. The Morgan fingerprint density at radius 2 is 1.81 bits per heavy atom. The number of amides is 1. The van der Waals surface area contributed by atoms with Crippen molar-refractivity contribution in [2.75, 3.05) is 13.7 Å². The Balaban J connectivity index is 2.54. The van der Waals surface area contributed by atoms with Gasteiger partial charge in [-0.25, -0.2) is 4.79 Å². The SMILES string of the molecule is CCc1ccc(CCC(=O)NC(C)(COC)C(=O)O)cc1. The summed E-state index contributed by atoms with van der Waals surface area (Å²) in [5.74, 6) is -1.40. The van der Waals surface area contributed by atoms with Gasteiger partial charge in [-0.1, -0.05) is 31.2 Å². The number of hydrogen-bond acceptors (Lipinski definition) is 3. The minimum absolute atomic E-state index is 0.0702. The third-order valence-electron chi connectivity index (χ3n) is 3.39. The molecule has 0 fully saturated rings. The topological polar surface area (TPSA) is 75.6 Å². The zero-order chi connectivity index (χ0) is 15.9. The molecule has 0 aromatic heterocycles. The lowest BCUT2D eigenvalue weighted by molar-refractivity contribution is -0.149. The highest BCUT2D eigenvalue weighted by molar-refractivity contribution is 5.86. The van der Waals surface area contributed by atoms with Crippen molar-refractivity contribution in [2.24, 2.45) is 0 Å². The van der Waals surface area contributed by atoms with E-state index in [1.807, 2.05) is 24.3 Å². The van der Waals surface area contributed by atoms with Gasteiger partial charge in [0.2, 0.25) is 5.91 Å². The molecule has 1 aromatic carbocycles. The zero-order valence-corrected chi connectivity index (χ0v) is 12.8. The molecule has 0 saturated heterocycles. The van der Waals surface area contributed by atoms with E-state index < -0.39 is 11.5 Å². The standard InChI is InChI=1S/C16H23NO4/c1-4-12-5-7-13(8-6-12)9-10-14(18)17-16(2,11-21-3)15(19)20/h5-8H,4,9-11H2,1-3H3,(H,17,18)(H,19,20). The van der Waals surface area contributed by atoms with Gasteiger partial charge in [0.1, 0.15) is 0 Å². The van der Waals surface area contributed by atoms with E-state index in [4.69, 9.17) is 9.84 Å². The van der Waals surface area contributed by atoms with Crippen LogP contribution < -0.4 is 5.32 Å². The zero-order valence-electron chi connectivity index (χ0n) is 12.8. The predicted molar refractivity (Wildman–Crippen MR) is 80.2 cm³/mol. The molecule has 21 heavy (non-hydrogen) atoms. The number of aliphatic carboxylic acids is 1. The van der Waals surface area contributed by atoms with Crippen molar-refractivity contribution in [3.05, 3.63) is 35.4 Å². The second-order valence-electron chi connectivity index (χ2n) is 5.29. The number of benzene rings is 1. The van der Waals surface area contributed by atoms with Crippen molar-refractivity contribution < 1.29 is 19.4 Å². The molecule has 1 atom stereocenters. The lowest BCUT2D eigenvalue weighted by Crippen LogP contribution is -2.55. The summed E-state index contributed by atoms with van der Waals surface area (Å²) in [6, 6.07) is 8.08. The maximum atomic E-state index is 11.9. The molecule has 5 nitrogen and oxygen atoms in total. The number of nitrogens with one attached hydrogen (secondary N) is 1. The van der Waals surface area contributed by atoms with Crippen molar-refractivity contribution in [3.63, 3.8) is 0 Å². The van der Waals surface area contributed by atoms with Crippen LogP contribution in [0.15, 0.2) is 24.3 Å². The third kappa shape index (κ3) is 5.19. The Kier molecular flexibility index (Phi) is 6.37. The van der Waals surface area contributed by atoms with Crippen LogP contribution in [0, 0.1) is 0 Å². The van der Waals surface area contributed by atoms with Crippen LogP contribution in [-0.2, 0) is 27.2 Å². The second-order valence-corrected chi connectivity index (χ2v) is 5.29. The van der Waals surface area contributed by atoms with Gasteiger partial charge in [-0.3, -0.25) is 4.79 Å². The molecule has 2 N–H and O–H groups in total. The third-order valence-corrected chi connectivity index (χ3v) is 3.39. The Bertz CT molecular complexity index is 484. The Labute approximate surface area is 125 Å². The monoisotopic (exact) mass is 293 g/mol. The number of hydrogen-bond donors (Lipinski definition) is 2. The molecule has 0 radical (unpaired) electrons. The quantitative estimate of drug-likeness (QED) is 0.766. The smallest absolute Gasteiger partial charge is 0.331 e. The van der Waals surface area contributed by atoms with Gasteiger partial charge in [0.25, 0.3) is 0 Å². The Hall–Kier alpha value is -1.88. The number of carbonyl (C=O) groups excluding carboxylic acids is 1. The van der Waals surface area contributed by atoms with E-state index in [9.17, 15) is 9.59 Å². The van der Waals surface area contributed by atoms with Gasteiger partial charge in [0, 0.05) is 13.5 Å². The van der Waals surface area contributed by atoms with Gasteiger partial charge < -0.3 is 15.2 Å². The maximum Gasteiger partial charge on any atom is 0.331 e. The molecule has 0 aliphatic rings. The van der Waals surface area contributed by atoms with Gasteiger partial charge in [-0.05, 0) is 30.9 Å². The minimum atomic E-state index is -1.39. The Morgan fingerprint density at radius 1 is 1.24 bits per heavy atom. The number of carboxylic acid groups (broad SMARTS) is 1. The molecule has 1 rings (SSSR count). The number of ether oxygens (including phenoxy) is 1. The van der Waals surface area contributed by atoms with Crippen LogP contribution in [0.5, 0.6) is 0 Å². The van der Waals surface area contributed by atoms with Crippen LogP contribution in [0.4, 0.5) is 0 Å². The molecule has 116 valence electrons. The number of carbonyl (C=O) groups is 2. The van der Waals surface area contributed by atoms with Crippen LogP contribution in [0.25, 0.3) is 0 Å². The van der Waals surface area contributed by atoms with Crippen LogP contribution in [0.2, 0.25) is 0 Å². The first kappa shape index (κ1) is 17.2. The van der Waals surface area contributed by atoms with Gasteiger partial charge >= 0.3 is 5.97 Å². The highest BCUT2D eigenvalue weighted by atomic mass is 16.5. The van der Waals surface area contributed by atoms with Gasteiger partial charge in [0.15, 0.2) is 5.54 Å². The van der Waals surface area contributed by atoms with Gasteiger partial charge in [0.05, 0.1) is 6.61 Å². The molecular weight excluding hydrogens is 270 g/mol. The van der Waals surface area contributed by atoms with Crippen molar-refractivity contribution in [3.8, 4) is 0 Å². The first-order chi connectivity index (χ1) is 9.91. The molecule has 1 unspecified atom stereocenters. The number of carboxylic acids is 1. The molecule has 1 aromatic rings. The number of rotatable bonds is 8. The summed E-state index contributed by atoms with van der Waals surface area (Å²) in [5.41, 5.74) is 0.922. The molecule has 0 aliphatic heterocycles. The largest absolute Gasteiger partial charge is 0.479 e. The molecule has 0 aliphatic carbocycles. The summed E-state index contributed by atoms with van der Waals surface area (Å²) in [5, 5.41) is 11.7. The normalized spacial score (nSPS) is 13.5. The van der Waals surface area contributed by atoms with E-state index in [0.29, 0.717) is 6.42 Å². The fourth-order valence-electron chi connectivity index (χ4n) is 2.01. The van der Waals surface area contributed by atoms with Gasteiger partial charge in [-0.2, -0.15) is 0 Å². The highest BCUT2D eigenvalue weighted by Crippen LogP contribution is 2.09. The van der Waals surface area contributed by atoms with Crippen LogP contribution in [0.3, 0.4) is 0 Å². The van der Waals surface area contributed by atoms with Gasteiger partial charge in [-0.15, -0.1) is 0 Å². The van der Waals surface area contributed by atoms with Crippen molar-refractivity contribution in [1.29, 1.82) is 0 Å². The molecule has 0 saturated carbocycles. The predicted octanol–water partition coefficient (Wildman–Crippen LogP) is 1.79. The summed E-state index contributed by atoms with van der Waals surface area (Å²) in [6.07, 6.45) is 1.81. The highest BCUT2D eigenvalue weighted by Gasteiger charge is 2.34. The average Bonchev–Trinajstić information content (AvgIpc) is 2.45. The lowest BCUT2D eigenvalue weighted by atomic mass is 10.0. The van der Waals surface area contributed by atoms with E-state index in [0.717, 1.165) is 12.0 Å². The lowest BCUT2D eigenvalue weighted by Gasteiger charge is -2.25. The fourth-order valence-corrected chi connectivity index (χ4v) is 2.01. The average molecular weight is 293 g/mol. The van der Waals surface area contributed by atoms with E-state index in [1.54, 1.807) is 0 Å². The molecule has 5 heteroatoms. The van der Waals surface area contributed by atoms with Crippen molar-refractivity contribution in [1.82, 2.24) is 5.32 Å². The number of aryl methyl sites for hydroxylation is 2. The van der Waals surface area contributed by atoms with Crippen LogP contribution >= 0.6 is 0 Å². The fraction of sp³-hybridized carbons (Fsp3) is 0.500. The van der Waals surface area contributed by atoms with Crippen molar-refractivity contribution >= 4 is 11.9 Å². The van der Waals surface area contributed by atoms with E-state index in [2.05, 4.69) is 12.2 Å². The first-order valence-electron chi connectivity index (χ1n) is 7.02. The summed E-state index contributed by atoms with van der Waals surface area (Å²) < 4.78 is 4.86. The molecule has 0 spiro atoms. The van der Waals surface area contributed by atoms with Crippen molar-refractivity contribution in [2.45, 2.75) is 38.6 Å². The summed E-state index contributed by atoms with van der Waals surface area (Å²) in [6.45, 7) is 3.46. The van der Waals surface area contributed by atoms with Crippen LogP contribution in [-0.4, -0.2) is 36.2 Å². The summed E-state index contributed by atoms with van der Waals surface area (Å²) in [7, 11) is 1.41. The number of methoxy groups -OCH3 is 1. The Morgan fingerprint density at radius 3 is 2.29 bits per heavy atom. The first-order valence-corrected chi connectivity index (χ1v) is 7.02. The minimum Gasteiger partial charge on any atom is -0.479 e. The van der Waals surface area contributed by atoms with E-state index in [1.165, 1.54) is 19.6 Å². The second kappa shape index (κ2) is 7.78. The summed E-state index contributed by atoms with van der Waals surface area (Å²) >= 11 is 0. The molecule has 1 amide bonds. The molecule has 0 bridgehead atoms. The maximum absolute atomic E-state index is 11.9. The van der Waals surface area contributed by atoms with E-state index >= 15 is 0 Å². The molecule has 0 heterocycles. The van der Waals surface area contributed by atoms with Crippen LogP contribution in [0.1, 0.15) is 31.4 Å². The van der Waals surface area contributed by atoms with E-state index in [-0.39, 0.29) is 18.9 Å². The molecular formula is C16H23NO4.